The van der Waals surface area contributed by atoms with Crippen LogP contribution in [0.2, 0.25) is 0 Å². The Hall–Kier alpha value is -1.72. The molecule has 0 saturated carbocycles. The fraction of sp³-hybridized carbons (Fsp3) is 0.900. The predicted octanol–water partition coefficient (Wildman–Crippen LogP) is 12.1. The molecule has 0 radical (unpaired) electrons. The molecule has 0 aliphatic carbocycles. The van der Waals surface area contributed by atoms with Crippen LogP contribution in [0.25, 0.3) is 0 Å². The lowest BCUT2D eigenvalue weighted by Crippen LogP contribution is -2.31. The van der Waals surface area contributed by atoms with Gasteiger partial charge in [0.1, 0.15) is 23.4 Å². The Kier molecular flexibility index (Phi) is 32.0. The van der Waals surface area contributed by atoms with Crippen molar-refractivity contribution in [3.05, 3.63) is 0 Å². The van der Waals surface area contributed by atoms with Gasteiger partial charge in [-0.15, -0.1) is 0 Å². The monoisotopic (exact) mass is 651 g/mol. The molecule has 2 atom stereocenters. The smallest absolute Gasteiger partial charge is 0.299 e. The zero-order valence-corrected chi connectivity index (χ0v) is 30.8. The molecule has 0 amide bonds. The Balaban J connectivity index is 5.10. The van der Waals surface area contributed by atoms with Crippen molar-refractivity contribution in [3.8, 4) is 0 Å². The van der Waals surface area contributed by atoms with Crippen molar-refractivity contribution in [1.29, 1.82) is 0 Å². The lowest BCUT2D eigenvalue weighted by Gasteiger charge is -2.16. The number of carbonyl (C=O) groups is 4. The molecule has 270 valence electrons. The summed E-state index contributed by atoms with van der Waals surface area (Å²) in [6.45, 7) is 8.75. The van der Waals surface area contributed by atoms with Crippen LogP contribution in [0.5, 0.6) is 0 Å². The molecule has 0 aliphatic rings. The van der Waals surface area contributed by atoms with Gasteiger partial charge in [-0.3, -0.25) is 9.59 Å². The third kappa shape index (κ3) is 25.4. The molecule has 0 heterocycles. The average molecular weight is 651 g/mol. The highest BCUT2D eigenvalue weighted by Crippen LogP contribution is 2.22. The first kappa shape index (κ1) is 44.3. The van der Waals surface area contributed by atoms with Crippen LogP contribution in [-0.4, -0.2) is 23.5 Å². The van der Waals surface area contributed by atoms with Crippen LogP contribution < -0.4 is 0 Å². The Morgan fingerprint density at radius 3 is 0.870 bits per heavy atom. The molecule has 0 aromatic carbocycles. The molecule has 0 saturated heterocycles. The summed E-state index contributed by atoms with van der Waals surface area (Å²) in [5.41, 5.74) is 0. The third-order valence-electron chi connectivity index (χ3n) is 9.30. The highest BCUT2D eigenvalue weighted by atomic mass is 17.2. The maximum absolute atomic E-state index is 13.2. The van der Waals surface area contributed by atoms with E-state index in [0.717, 1.165) is 89.9 Å². The van der Waals surface area contributed by atoms with Crippen LogP contribution in [-0.2, 0) is 29.0 Å². The molecule has 0 aliphatic heterocycles. The zero-order chi connectivity index (χ0) is 34.1. The van der Waals surface area contributed by atoms with Crippen molar-refractivity contribution in [2.24, 2.45) is 11.8 Å². The zero-order valence-electron chi connectivity index (χ0n) is 30.8. The molecule has 0 N–H and O–H groups in total. The van der Waals surface area contributed by atoms with E-state index in [-0.39, 0.29) is 11.6 Å². The largest absolute Gasteiger partial charge is 0.365 e. The van der Waals surface area contributed by atoms with Gasteiger partial charge >= 0.3 is 11.9 Å². The van der Waals surface area contributed by atoms with Crippen molar-refractivity contribution in [2.75, 3.05) is 0 Å². The van der Waals surface area contributed by atoms with Gasteiger partial charge in [0.15, 0.2) is 0 Å². The summed E-state index contributed by atoms with van der Waals surface area (Å²) in [7, 11) is 0. The van der Waals surface area contributed by atoms with Gasteiger partial charge in [0.05, 0.1) is 0 Å². The van der Waals surface area contributed by atoms with E-state index < -0.39 is 23.8 Å². The molecule has 0 fully saturated rings. The van der Waals surface area contributed by atoms with E-state index in [1.807, 2.05) is 0 Å². The molecular weight excluding hydrogens is 576 g/mol. The number of ketones is 2. The minimum Gasteiger partial charge on any atom is -0.299 e. The molecule has 0 aromatic rings. The van der Waals surface area contributed by atoms with Crippen LogP contribution in [0, 0.1) is 11.8 Å². The fourth-order valence-corrected chi connectivity index (χ4v) is 6.14. The highest BCUT2D eigenvalue weighted by molar-refractivity contribution is 6.00. The van der Waals surface area contributed by atoms with Crippen LogP contribution in [0.1, 0.15) is 220 Å². The Morgan fingerprint density at radius 1 is 0.348 bits per heavy atom. The lowest BCUT2D eigenvalue weighted by molar-refractivity contribution is -0.264. The maximum atomic E-state index is 13.2. The molecule has 6 heteroatoms. The van der Waals surface area contributed by atoms with Crippen molar-refractivity contribution in [3.63, 3.8) is 0 Å². The first-order valence-electron chi connectivity index (χ1n) is 19.9. The van der Waals surface area contributed by atoms with Gasteiger partial charge in [0, 0.05) is 12.8 Å². The van der Waals surface area contributed by atoms with Gasteiger partial charge in [-0.2, -0.15) is 0 Å². The van der Waals surface area contributed by atoms with E-state index in [0.29, 0.717) is 25.7 Å². The highest BCUT2D eigenvalue weighted by Gasteiger charge is 2.32. The quantitative estimate of drug-likeness (QED) is 0.0298. The molecule has 0 spiro atoms. The molecule has 6 nitrogen and oxygen atoms in total. The molecule has 0 rings (SSSR count). The number of hydrogen-bond donors (Lipinski definition) is 0. The van der Waals surface area contributed by atoms with E-state index in [1.54, 1.807) is 0 Å². The lowest BCUT2D eigenvalue weighted by atomic mass is 9.92. The molecule has 2 unspecified atom stereocenters. The topological polar surface area (TPSA) is 86.7 Å². The number of hydrogen-bond acceptors (Lipinski definition) is 6. The van der Waals surface area contributed by atoms with Gasteiger partial charge in [-0.1, -0.05) is 182 Å². The van der Waals surface area contributed by atoms with Gasteiger partial charge in [0.25, 0.3) is 0 Å². The Bertz CT molecular complexity index is 686. The minimum atomic E-state index is -0.917. The van der Waals surface area contributed by atoms with Crippen molar-refractivity contribution in [2.45, 2.75) is 220 Å². The maximum Gasteiger partial charge on any atom is 0.365 e. The number of unbranched alkanes of at least 4 members (excludes halogenated alkanes) is 22. The molecular formula is C40H74O6. The average Bonchev–Trinajstić information content (AvgIpc) is 3.05. The number of Topliss-reactive ketones (excluding diaryl/α,β-unsaturated/α-hetero) is 2. The van der Waals surface area contributed by atoms with E-state index in [1.165, 1.54) is 77.0 Å². The second kappa shape index (κ2) is 33.2. The van der Waals surface area contributed by atoms with Crippen molar-refractivity contribution >= 4 is 23.5 Å². The number of carbonyl (C=O) groups excluding carboxylic acids is 4. The summed E-state index contributed by atoms with van der Waals surface area (Å²) in [6.07, 6.45) is 29.5. The minimum absolute atomic E-state index is 0.123. The normalized spacial score (nSPS) is 12.5. The van der Waals surface area contributed by atoms with E-state index >= 15 is 0 Å². The summed E-state index contributed by atoms with van der Waals surface area (Å²) in [6, 6.07) is 0. The standard InChI is InChI=1S/C40H74O6/c1-5-9-13-17-21-25-29-33-37(41)35(31-27-23-19-15-11-7-3)39(43)45-46-40(44)36(32-28-24-20-16-12-8-4)38(42)34-30-26-22-18-14-10-6-2/h35-36H,5-34H2,1-4H3. The summed E-state index contributed by atoms with van der Waals surface area (Å²) in [5, 5.41) is 0. The Labute approximate surface area is 284 Å². The third-order valence-corrected chi connectivity index (χ3v) is 9.30. The molecule has 0 aromatic heterocycles. The van der Waals surface area contributed by atoms with E-state index in [9.17, 15) is 19.2 Å². The van der Waals surface area contributed by atoms with Crippen molar-refractivity contribution < 1.29 is 29.0 Å². The summed E-state index contributed by atoms with van der Waals surface area (Å²) in [5.74, 6) is -3.65. The van der Waals surface area contributed by atoms with E-state index in [4.69, 9.17) is 9.78 Å². The first-order chi connectivity index (χ1) is 22.4. The van der Waals surface area contributed by atoms with E-state index in [2.05, 4.69) is 27.7 Å². The van der Waals surface area contributed by atoms with Crippen LogP contribution in [0.15, 0.2) is 0 Å². The van der Waals surface area contributed by atoms with Gasteiger partial charge in [-0.05, 0) is 25.7 Å². The molecule has 46 heavy (non-hydrogen) atoms. The summed E-state index contributed by atoms with van der Waals surface area (Å²) in [4.78, 5) is 62.7. The summed E-state index contributed by atoms with van der Waals surface area (Å²) < 4.78 is 0. The molecule has 0 bridgehead atoms. The van der Waals surface area contributed by atoms with Crippen LogP contribution in [0.3, 0.4) is 0 Å². The van der Waals surface area contributed by atoms with Gasteiger partial charge in [0.2, 0.25) is 0 Å². The van der Waals surface area contributed by atoms with Crippen LogP contribution >= 0.6 is 0 Å². The predicted molar refractivity (Wildman–Crippen MR) is 190 cm³/mol. The van der Waals surface area contributed by atoms with Crippen molar-refractivity contribution in [1.82, 2.24) is 0 Å². The van der Waals surface area contributed by atoms with Gasteiger partial charge < -0.3 is 0 Å². The number of rotatable bonds is 34. The van der Waals surface area contributed by atoms with Crippen LogP contribution in [0.4, 0.5) is 0 Å². The first-order valence-corrected chi connectivity index (χ1v) is 19.9. The Morgan fingerprint density at radius 2 is 0.587 bits per heavy atom. The fourth-order valence-electron chi connectivity index (χ4n) is 6.14. The second-order valence-electron chi connectivity index (χ2n) is 13.7. The SMILES string of the molecule is CCCCCCCCCC(=O)C(CCCCCCCC)C(=O)OOC(=O)C(CCCCCCCC)C(=O)CCCCCCCCC. The second-order valence-corrected chi connectivity index (χ2v) is 13.7. The summed E-state index contributed by atoms with van der Waals surface area (Å²) >= 11 is 0. The van der Waals surface area contributed by atoms with Gasteiger partial charge in [-0.25, -0.2) is 19.4 Å².